The number of anilines is 2. The summed E-state index contributed by atoms with van der Waals surface area (Å²) in [5.74, 6) is -2.25. The molecule has 0 radical (unpaired) electrons. The summed E-state index contributed by atoms with van der Waals surface area (Å²) in [5.41, 5.74) is 3.13. The van der Waals surface area contributed by atoms with Gasteiger partial charge in [0.2, 0.25) is 5.91 Å². The molecule has 0 fully saturated rings. The second kappa shape index (κ2) is 15.2. The van der Waals surface area contributed by atoms with Crippen molar-refractivity contribution in [1.29, 1.82) is 5.26 Å². The van der Waals surface area contributed by atoms with Crippen molar-refractivity contribution in [1.82, 2.24) is 5.32 Å². The van der Waals surface area contributed by atoms with Crippen LogP contribution >= 0.6 is 23.1 Å². The summed E-state index contributed by atoms with van der Waals surface area (Å²) in [6.45, 7) is 5.66. The fourth-order valence-electron chi connectivity index (χ4n) is 5.54. The number of amides is 2. The van der Waals surface area contributed by atoms with Crippen LogP contribution in [0.2, 0.25) is 0 Å². The first-order valence-corrected chi connectivity index (χ1v) is 17.0. The second-order valence-corrected chi connectivity index (χ2v) is 12.8. The van der Waals surface area contributed by atoms with E-state index in [2.05, 4.69) is 22.0 Å². The third-order valence-corrected chi connectivity index (χ3v) is 9.85. The molecule has 1 aromatic carbocycles. The Balaban J connectivity index is 1.35. The maximum absolute atomic E-state index is 13.7. The minimum absolute atomic E-state index is 0.0646. The van der Waals surface area contributed by atoms with Gasteiger partial charge in [-0.1, -0.05) is 11.8 Å². The zero-order valence-corrected chi connectivity index (χ0v) is 27.8. The molecule has 2 aromatic heterocycles. The second-order valence-electron chi connectivity index (χ2n) is 10.7. The van der Waals surface area contributed by atoms with Gasteiger partial charge in [0.25, 0.3) is 5.91 Å². The quantitative estimate of drug-likeness (QED) is 0.198. The van der Waals surface area contributed by atoms with E-state index in [4.69, 9.17) is 13.9 Å². The number of carbonyl (C=O) groups excluding carboxylic acids is 4. The van der Waals surface area contributed by atoms with Crippen LogP contribution < -0.4 is 16.0 Å². The van der Waals surface area contributed by atoms with E-state index in [0.29, 0.717) is 38.3 Å². The van der Waals surface area contributed by atoms with Crippen LogP contribution in [0.5, 0.6) is 0 Å². The Morgan fingerprint density at radius 1 is 1.04 bits per heavy atom. The molecule has 5 rings (SSSR count). The molecular weight excluding hydrogens is 641 g/mol. The Morgan fingerprint density at radius 3 is 2.45 bits per heavy atom. The normalized spacial score (nSPS) is 15.7. The number of nitrogens with one attached hydrogen (secondary N) is 3. The van der Waals surface area contributed by atoms with Crippen LogP contribution in [0.25, 0.3) is 0 Å². The number of benzene rings is 1. The molecule has 11 nitrogen and oxygen atoms in total. The summed E-state index contributed by atoms with van der Waals surface area (Å²) in [6, 6.07) is 11.9. The zero-order valence-electron chi connectivity index (χ0n) is 26.2. The highest BCUT2D eigenvalue weighted by Gasteiger charge is 2.37. The topological polar surface area (TPSA) is 160 Å². The van der Waals surface area contributed by atoms with E-state index in [-0.39, 0.29) is 36.0 Å². The van der Waals surface area contributed by atoms with Crippen LogP contribution in [0.3, 0.4) is 0 Å². The lowest BCUT2D eigenvalue weighted by atomic mass is 9.85. The molecule has 1 aliphatic heterocycles. The molecule has 0 unspecified atom stereocenters. The molecule has 2 amide bonds. The predicted octanol–water partition coefficient (Wildman–Crippen LogP) is 6.28. The molecule has 0 spiro atoms. The number of nitrogens with zero attached hydrogens (tertiary/aromatic N) is 1. The number of aryl methyl sites for hydroxylation is 1. The summed E-state index contributed by atoms with van der Waals surface area (Å²) in [4.78, 5) is 52.8. The first-order valence-electron chi connectivity index (χ1n) is 15.2. The number of allylic oxidation sites excluding steroid dienone is 2. The standard InChI is InChI=1S/C34H34N4O7S2/c1-4-43-33(41)20-12-14-21(15-13-20)37-30(40)27-19(3)36-31(23(17-35)28(27)24-10-8-16-45-24)46-18-26(39)38-32-29(34(42)44-5-2)22-9-6-7-11-25(22)47-32/h8,10,12-16,28,36H,4-7,9,11,18H2,1-3H3,(H,37,40)(H,38,39)/t28-/m0/s1. The van der Waals surface area contributed by atoms with E-state index >= 15 is 0 Å². The summed E-state index contributed by atoms with van der Waals surface area (Å²) in [5, 5.41) is 20.1. The third-order valence-electron chi connectivity index (χ3n) is 7.63. The Morgan fingerprint density at radius 2 is 1.77 bits per heavy atom. The van der Waals surface area contributed by atoms with Gasteiger partial charge in [-0.25, -0.2) is 9.59 Å². The van der Waals surface area contributed by atoms with Gasteiger partial charge < -0.3 is 29.8 Å². The fourth-order valence-corrected chi connectivity index (χ4v) is 7.73. The molecular formula is C34H34N4O7S2. The lowest BCUT2D eigenvalue weighted by Gasteiger charge is -2.28. The minimum Gasteiger partial charge on any atom is -0.468 e. The van der Waals surface area contributed by atoms with Crippen LogP contribution in [-0.4, -0.2) is 42.7 Å². The van der Waals surface area contributed by atoms with E-state index in [1.54, 1.807) is 57.2 Å². The Bertz CT molecular complexity index is 1780. The summed E-state index contributed by atoms with van der Waals surface area (Å²) in [7, 11) is 0. The lowest BCUT2D eigenvalue weighted by Crippen LogP contribution is -2.31. The van der Waals surface area contributed by atoms with Gasteiger partial charge in [-0.3, -0.25) is 9.59 Å². The Hall–Kier alpha value is -4.80. The van der Waals surface area contributed by atoms with Gasteiger partial charge in [0, 0.05) is 16.3 Å². The monoisotopic (exact) mass is 674 g/mol. The molecule has 1 aliphatic carbocycles. The van der Waals surface area contributed by atoms with Gasteiger partial charge in [-0.05, 0) is 88.4 Å². The number of nitriles is 1. The molecule has 3 heterocycles. The molecule has 0 saturated carbocycles. The maximum atomic E-state index is 13.7. The zero-order chi connectivity index (χ0) is 33.5. The lowest BCUT2D eigenvalue weighted by molar-refractivity contribution is -0.114. The largest absolute Gasteiger partial charge is 0.468 e. The molecule has 244 valence electrons. The van der Waals surface area contributed by atoms with Gasteiger partial charge in [-0.2, -0.15) is 5.26 Å². The number of esters is 2. The van der Waals surface area contributed by atoms with E-state index < -0.39 is 23.8 Å². The number of carbonyl (C=O) groups is 4. The smallest absolute Gasteiger partial charge is 0.341 e. The predicted molar refractivity (Wildman–Crippen MR) is 179 cm³/mol. The van der Waals surface area contributed by atoms with Gasteiger partial charge in [0.1, 0.15) is 10.8 Å². The van der Waals surface area contributed by atoms with E-state index in [0.717, 1.165) is 47.9 Å². The molecule has 13 heteroatoms. The number of rotatable bonds is 11. The summed E-state index contributed by atoms with van der Waals surface area (Å²) >= 11 is 2.53. The molecule has 0 bridgehead atoms. The van der Waals surface area contributed by atoms with Crippen LogP contribution in [0.15, 0.2) is 69.0 Å². The van der Waals surface area contributed by atoms with Gasteiger partial charge in [-0.15, -0.1) is 11.3 Å². The molecule has 3 aromatic rings. The number of thiophene rings is 1. The first kappa shape index (κ1) is 33.6. The SMILES string of the molecule is CCOC(=O)c1ccc(NC(=O)C2=C(C)NC(SCC(=O)Nc3sc4c(c3C(=O)OCC)CCCC4)=C(C#N)[C@H]2c2ccco2)cc1. The van der Waals surface area contributed by atoms with Crippen molar-refractivity contribution in [3.63, 3.8) is 0 Å². The van der Waals surface area contributed by atoms with Crippen molar-refractivity contribution in [2.24, 2.45) is 0 Å². The number of hydrogen-bond acceptors (Lipinski definition) is 11. The molecule has 0 saturated heterocycles. The third kappa shape index (κ3) is 7.45. The average molecular weight is 675 g/mol. The van der Waals surface area contributed by atoms with Crippen molar-refractivity contribution in [3.05, 3.63) is 91.9 Å². The fraction of sp³-hybridized carbons (Fsp3) is 0.324. The number of furan rings is 1. The highest BCUT2D eigenvalue weighted by Crippen LogP contribution is 2.42. The highest BCUT2D eigenvalue weighted by atomic mass is 32.2. The van der Waals surface area contributed by atoms with Crippen molar-refractivity contribution in [3.8, 4) is 6.07 Å². The van der Waals surface area contributed by atoms with E-state index in [1.165, 1.54) is 17.6 Å². The Kier molecular flexibility index (Phi) is 10.8. The highest BCUT2D eigenvalue weighted by molar-refractivity contribution is 8.03. The van der Waals surface area contributed by atoms with Gasteiger partial charge in [0.05, 0.1) is 64.5 Å². The summed E-state index contributed by atoms with van der Waals surface area (Å²) < 4.78 is 16.0. The van der Waals surface area contributed by atoms with E-state index in [9.17, 15) is 24.4 Å². The van der Waals surface area contributed by atoms with Crippen molar-refractivity contribution in [2.75, 3.05) is 29.6 Å². The number of ether oxygens (including phenoxy) is 2. The molecule has 47 heavy (non-hydrogen) atoms. The number of hydrogen-bond donors (Lipinski definition) is 3. The van der Waals surface area contributed by atoms with Crippen LogP contribution in [-0.2, 0) is 31.9 Å². The van der Waals surface area contributed by atoms with Crippen LogP contribution in [0.4, 0.5) is 10.7 Å². The van der Waals surface area contributed by atoms with Crippen molar-refractivity contribution >= 4 is 57.5 Å². The molecule has 1 atom stereocenters. The van der Waals surface area contributed by atoms with Crippen LogP contribution in [0, 0.1) is 11.3 Å². The number of dihydropyridines is 1. The molecule has 2 aliphatic rings. The average Bonchev–Trinajstić information content (AvgIpc) is 3.72. The van der Waals surface area contributed by atoms with Crippen LogP contribution in [0.1, 0.15) is 76.4 Å². The van der Waals surface area contributed by atoms with Crippen molar-refractivity contribution in [2.45, 2.75) is 52.4 Å². The number of fused-ring (bicyclic) bond motifs is 1. The molecule has 3 N–H and O–H groups in total. The van der Waals surface area contributed by atoms with Gasteiger partial charge in [0.15, 0.2) is 0 Å². The minimum atomic E-state index is -0.847. The maximum Gasteiger partial charge on any atom is 0.341 e. The summed E-state index contributed by atoms with van der Waals surface area (Å²) in [6.07, 6.45) is 5.09. The van der Waals surface area contributed by atoms with Gasteiger partial charge >= 0.3 is 11.9 Å². The van der Waals surface area contributed by atoms with Crippen molar-refractivity contribution < 1.29 is 33.1 Å². The first-order chi connectivity index (χ1) is 22.7. The number of thioether (sulfide) groups is 1. The van der Waals surface area contributed by atoms with E-state index in [1.807, 2.05) is 0 Å². The Labute approximate surface area is 280 Å².